The molecule has 0 aromatic heterocycles. The third-order valence-electron chi connectivity index (χ3n) is 2.34. The van der Waals surface area contributed by atoms with E-state index < -0.39 is 48.5 Å². The number of aliphatic hydroxyl groups is 2. The number of carbonyl (C=O) groups excluding carboxylic acids is 1. The molecule has 0 bridgehead atoms. The molecule has 0 amide bonds. The van der Waals surface area contributed by atoms with E-state index in [0.717, 1.165) is 0 Å². The second-order valence-electron chi connectivity index (χ2n) is 3.49. The quantitative estimate of drug-likeness (QED) is 0.245. The molecule has 0 aliphatic heterocycles. The highest BCUT2D eigenvalue weighted by atomic mass is 32.2. The fourth-order valence-electron chi connectivity index (χ4n) is 0.862. The molecule has 0 aromatic carbocycles. The third kappa shape index (κ3) is 5.00. The van der Waals surface area contributed by atoms with Crippen LogP contribution < -0.4 is 0 Å². The van der Waals surface area contributed by atoms with E-state index in [9.17, 15) is 13.6 Å². The van der Waals surface area contributed by atoms with E-state index in [0.29, 0.717) is 0 Å². The topological polar surface area (TPSA) is 105 Å². The van der Waals surface area contributed by atoms with E-state index in [2.05, 4.69) is 14.1 Å². The van der Waals surface area contributed by atoms with Crippen molar-refractivity contribution >= 4 is 18.0 Å². The van der Waals surface area contributed by atoms with Crippen molar-refractivity contribution in [1.29, 1.82) is 0 Å². The second-order valence-corrected chi connectivity index (χ2v) is 4.30. The Morgan fingerprint density at radius 3 is 2.28 bits per heavy atom. The van der Waals surface area contributed by atoms with Gasteiger partial charge in [0.1, 0.15) is 18.6 Å². The lowest BCUT2D eigenvalue weighted by Gasteiger charge is -2.28. The lowest BCUT2D eigenvalue weighted by Crippen LogP contribution is -2.38. The zero-order valence-electron chi connectivity index (χ0n) is 9.47. The normalized spacial score (nSPS) is 12.6. The summed E-state index contributed by atoms with van der Waals surface area (Å²) < 4.78 is 33.6. The first-order valence-corrected chi connectivity index (χ1v) is 5.54. The molecule has 18 heavy (non-hydrogen) atoms. The summed E-state index contributed by atoms with van der Waals surface area (Å²) in [7, 11) is 0. The lowest BCUT2D eigenvalue weighted by molar-refractivity contribution is -0.433. The van der Waals surface area contributed by atoms with Gasteiger partial charge in [-0.1, -0.05) is 12.0 Å². The number of hydrogen-bond acceptors (Lipinski definition) is 8. The average Bonchev–Trinajstić information content (AvgIpc) is 2.38. The first-order chi connectivity index (χ1) is 8.37. The standard InChI is InChI=1S/C8H14F2O7S/c1-2-7(3-11,4-12)5-15-6(13)8(9,10)18-17-16-14/h11-12,14H,2-5H2,1H3. The summed E-state index contributed by atoms with van der Waals surface area (Å²) >= 11 is -0.745. The molecule has 10 heteroatoms. The van der Waals surface area contributed by atoms with Gasteiger partial charge in [0.15, 0.2) is 0 Å². The second kappa shape index (κ2) is 7.81. The van der Waals surface area contributed by atoms with Crippen LogP contribution in [0.2, 0.25) is 0 Å². The molecule has 0 aliphatic carbocycles. The fraction of sp³-hybridized carbons (Fsp3) is 0.875. The number of aliphatic hydroxyl groups excluding tert-OH is 2. The molecule has 0 fully saturated rings. The fourth-order valence-corrected chi connectivity index (χ4v) is 1.10. The molecule has 7 nitrogen and oxygen atoms in total. The molecule has 0 rings (SSSR count). The Labute approximate surface area is 106 Å². The molecule has 0 unspecified atom stereocenters. The predicted octanol–water partition coefficient (Wildman–Crippen LogP) is 0.573. The van der Waals surface area contributed by atoms with Crippen LogP contribution in [0.3, 0.4) is 0 Å². The summed E-state index contributed by atoms with van der Waals surface area (Å²) in [6.07, 6.45) is 0.224. The summed E-state index contributed by atoms with van der Waals surface area (Å²) in [5.74, 6) is -1.94. The van der Waals surface area contributed by atoms with Crippen molar-refractivity contribution in [3.8, 4) is 0 Å². The summed E-state index contributed by atoms with van der Waals surface area (Å²) in [6, 6.07) is 0. The Hall–Kier alpha value is -0.520. The molecule has 108 valence electrons. The summed E-state index contributed by atoms with van der Waals surface area (Å²) in [5.41, 5.74) is -1.18. The van der Waals surface area contributed by atoms with Crippen LogP contribution in [0, 0.1) is 5.41 Å². The van der Waals surface area contributed by atoms with Gasteiger partial charge in [-0.2, -0.15) is 8.78 Å². The van der Waals surface area contributed by atoms with Crippen molar-refractivity contribution in [1.82, 2.24) is 0 Å². The van der Waals surface area contributed by atoms with Gasteiger partial charge in [0, 0.05) is 0 Å². The van der Waals surface area contributed by atoms with E-state index in [1.165, 1.54) is 0 Å². The van der Waals surface area contributed by atoms with Crippen molar-refractivity contribution in [3.05, 3.63) is 0 Å². The van der Waals surface area contributed by atoms with Crippen LogP contribution in [0.15, 0.2) is 0 Å². The molecule has 0 heterocycles. The maximum Gasteiger partial charge on any atom is 0.415 e. The zero-order valence-corrected chi connectivity index (χ0v) is 10.3. The minimum absolute atomic E-state index is 0.224. The minimum Gasteiger partial charge on any atom is -0.460 e. The van der Waals surface area contributed by atoms with Crippen LogP contribution in [-0.2, 0) is 18.9 Å². The van der Waals surface area contributed by atoms with Crippen molar-refractivity contribution < 1.29 is 43.2 Å². The first kappa shape index (κ1) is 17.5. The minimum atomic E-state index is -4.09. The summed E-state index contributed by atoms with van der Waals surface area (Å²) in [6.45, 7) is -0.0359. The van der Waals surface area contributed by atoms with Gasteiger partial charge in [-0.15, -0.1) is 4.33 Å². The van der Waals surface area contributed by atoms with Gasteiger partial charge >= 0.3 is 11.2 Å². The Bertz CT molecular complexity index is 252. The Morgan fingerprint density at radius 2 is 1.89 bits per heavy atom. The largest absolute Gasteiger partial charge is 0.460 e. The van der Waals surface area contributed by atoms with Gasteiger partial charge < -0.3 is 14.9 Å². The van der Waals surface area contributed by atoms with Gasteiger partial charge in [0.2, 0.25) is 0 Å². The van der Waals surface area contributed by atoms with Gasteiger partial charge in [-0.3, -0.25) is 0 Å². The summed E-state index contributed by atoms with van der Waals surface area (Å²) in [5, 5.41) is 24.6. The lowest BCUT2D eigenvalue weighted by atomic mass is 9.88. The maximum absolute atomic E-state index is 12.9. The van der Waals surface area contributed by atoms with E-state index in [1.54, 1.807) is 6.92 Å². The molecule has 0 aliphatic rings. The molecule has 0 radical (unpaired) electrons. The zero-order chi connectivity index (χ0) is 14.2. The molecule has 0 aromatic rings. The van der Waals surface area contributed by atoms with Gasteiger partial charge in [0.05, 0.1) is 18.6 Å². The maximum atomic E-state index is 12.9. The van der Waals surface area contributed by atoms with Crippen LogP contribution in [-0.4, -0.2) is 46.5 Å². The third-order valence-corrected chi connectivity index (χ3v) is 2.84. The highest BCUT2D eigenvalue weighted by Gasteiger charge is 2.45. The molecular formula is C8H14F2O7S. The van der Waals surface area contributed by atoms with Crippen LogP contribution in [0.5, 0.6) is 0 Å². The van der Waals surface area contributed by atoms with E-state index >= 15 is 0 Å². The molecule has 3 N–H and O–H groups in total. The van der Waals surface area contributed by atoms with Gasteiger partial charge in [0.25, 0.3) is 0 Å². The molecule has 0 atom stereocenters. The molecule has 0 saturated heterocycles. The molecule has 0 spiro atoms. The Balaban J connectivity index is 4.39. The average molecular weight is 292 g/mol. The van der Waals surface area contributed by atoms with E-state index in [-0.39, 0.29) is 6.42 Å². The number of rotatable bonds is 9. The van der Waals surface area contributed by atoms with Crippen LogP contribution >= 0.6 is 12.0 Å². The van der Waals surface area contributed by atoms with Crippen molar-refractivity contribution in [2.75, 3.05) is 19.8 Å². The van der Waals surface area contributed by atoms with Crippen LogP contribution in [0.1, 0.15) is 13.3 Å². The predicted molar refractivity (Wildman–Crippen MR) is 55.2 cm³/mol. The van der Waals surface area contributed by atoms with Gasteiger partial charge in [-0.05, 0) is 6.42 Å². The molecule has 0 saturated carbocycles. The number of alkyl halides is 2. The number of esters is 1. The SMILES string of the molecule is CCC(CO)(CO)COC(=O)C(F)(F)SOOO. The number of halogens is 2. The van der Waals surface area contributed by atoms with Crippen molar-refractivity contribution in [3.63, 3.8) is 0 Å². The smallest absolute Gasteiger partial charge is 0.415 e. The molecular weight excluding hydrogens is 278 g/mol. The monoisotopic (exact) mass is 292 g/mol. The number of ether oxygens (including phenoxy) is 1. The Kier molecular flexibility index (Phi) is 7.59. The Morgan fingerprint density at radius 1 is 1.33 bits per heavy atom. The number of carbonyl (C=O) groups is 1. The van der Waals surface area contributed by atoms with E-state index in [1.807, 2.05) is 0 Å². The number of hydrogen-bond donors (Lipinski definition) is 3. The van der Waals surface area contributed by atoms with Crippen molar-refractivity contribution in [2.45, 2.75) is 18.6 Å². The summed E-state index contributed by atoms with van der Waals surface area (Å²) in [4.78, 5) is 11.0. The van der Waals surface area contributed by atoms with Crippen LogP contribution in [0.4, 0.5) is 8.78 Å². The highest BCUT2D eigenvalue weighted by molar-refractivity contribution is 7.96. The van der Waals surface area contributed by atoms with E-state index in [4.69, 9.17) is 15.5 Å². The highest BCUT2D eigenvalue weighted by Crippen LogP contribution is 2.32. The van der Waals surface area contributed by atoms with Crippen LogP contribution in [0.25, 0.3) is 0 Å². The first-order valence-electron chi connectivity index (χ1n) is 4.80. The van der Waals surface area contributed by atoms with Gasteiger partial charge in [-0.25, -0.2) is 10.1 Å². The van der Waals surface area contributed by atoms with Crippen molar-refractivity contribution in [2.24, 2.45) is 5.41 Å².